The maximum absolute atomic E-state index is 8.84. The van der Waals surface area contributed by atoms with E-state index < -0.39 is 5.54 Å². The van der Waals surface area contributed by atoms with Crippen LogP contribution < -0.4 is 5.73 Å². The summed E-state index contributed by atoms with van der Waals surface area (Å²) < 4.78 is 0. The molecule has 0 radical (unpaired) electrons. The fourth-order valence-electron chi connectivity index (χ4n) is 2.79. The van der Waals surface area contributed by atoms with Crippen molar-refractivity contribution in [3.8, 4) is 6.07 Å². The Morgan fingerprint density at radius 3 is 2.56 bits per heavy atom. The molecule has 1 aliphatic heterocycles. The Bertz CT molecular complexity index is 259. The summed E-state index contributed by atoms with van der Waals surface area (Å²) >= 11 is 0. The van der Waals surface area contributed by atoms with Gasteiger partial charge in [0.25, 0.3) is 0 Å². The van der Waals surface area contributed by atoms with Crippen LogP contribution >= 0.6 is 0 Å². The van der Waals surface area contributed by atoms with E-state index in [0.717, 1.165) is 18.8 Å². The average molecular weight is 251 g/mol. The first-order chi connectivity index (χ1) is 8.57. The Labute approximate surface area is 112 Å². The summed E-state index contributed by atoms with van der Waals surface area (Å²) in [6.45, 7) is 7.82. The average Bonchev–Trinajstić information content (AvgIpc) is 2.37. The molecule has 1 fully saturated rings. The molecular formula is C15H29N3. The van der Waals surface area contributed by atoms with E-state index in [9.17, 15) is 0 Å². The number of unbranched alkanes of at least 4 members (excludes halogenated alkanes) is 1. The highest BCUT2D eigenvalue weighted by Gasteiger charge is 2.19. The van der Waals surface area contributed by atoms with E-state index >= 15 is 0 Å². The molecule has 1 atom stereocenters. The van der Waals surface area contributed by atoms with Crippen molar-refractivity contribution in [1.82, 2.24) is 4.90 Å². The molecule has 1 aliphatic rings. The first-order valence-electron chi connectivity index (χ1n) is 7.50. The fraction of sp³-hybridized carbons (Fsp3) is 0.933. The maximum atomic E-state index is 8.84. The second kappa shape index (κ2) is 7.76. The third kappa shape index (κ3) is 5.84. The molecule has 2 N–H and O–H groups in total. The predicted octanol–water partition coefficient (Wildman–Crippen LogP) is 2.91. The Kier molecular flexibility index (Phi) is 6.67. The van der Waals surface area contributed by atoms with Crippen molar-refractivity contribution in [2.75, 3.05) is 19.6 Å². The van der Waals surface area contributed by atoms with Crippen molar-refractivity contribution < 1.29 is 0 Å². The molecule has 0 bridgehead atoms. The molecule has 3 nitrogen and oxygen atoms in total. The van der Waals surface area contributed by atoms with Gasteiger partial charge in [0.15, 0.2) is 0 Å². The zero-order valence-corrected chi connectivity index (χ0v) is 12.1. The van der Waals surface area contributed by atoms with Crippen LogP contribution in [0.15, 0.2) is 0 Å². The molecule has 104 valence electrons. The molecule has 0 spiro atoms. The normalized spacial score (nSPS) is 21.4. The predicted molar refractivity (Wildman–Crippen MR) is 76.1 cm³/mol. The summed E-state index contributed by atoms with van der Waals surface area (Å²) in [5, 5.41) is 8.84. The highest BCUT2D eigenvalue weighted by Crippen LogP contribution is 2.22. The van der Waals surface area contributed by atoms with Crippen molar-refractivity contribution in [3.05, 3.63) is 0 Å². The van der Waals surface area contributed by atoms with E-state index in [4.69, 9.17) is 11.0 Å². The first-order valence-corrected chi connectivity index (χ1v) is 7.50. The van der Waals surface area contributed by atoms with Crippen molar-refractivity contribution in [2.24, 2.45) is 11.7 Å². The van der Waals surface area contributed by atoms with Gasteiger partial charge in [-0.25, -0.2) is 0 Å². The van der Waals surface area contributed by atoms with Crippen LogP contribution in [0.2, 0.25) is 0 Å². The molecule has 1 unspecified atom stereocenters. The van der Waals surface area contributed by atoms with Gasteiger partial charge < -0.3 is 10.6 Å². The standard InChI is InChI=1S/C15H29N3/c1-3-6-14-7-11-18(12-8-14)10-5-4-9-15(2,17)13-16/h14H,3-12,17H2,1-2H3. The van der Waals surface area contributed by atoms with Gasteiger partial charge in [-0.05, 0) is 64.6 Å². The first kappa shape index (κ1) is 15.5. The zero-order valence-electron chi connectivity index (χ0n) is 12.1. The van der Waals surface area contributed by atoms with Gasteiger partial charge in [0.05, 0.1) is 6.07 Å². The molecule has 1 heterocycles. The molecule has 0 aromatic heterocycles. The van der Waals surface area contributed by atoms with Gasteiger partial charge in [0, 0.05) is 0 Å². The molecule has 0 saturated carbocycles. The second-order valence-corrected chi connectivity index (χ2v) is 6.06. The third-order valence-corrected chi connectivity index (χ3v) is 4.08. The Hall–Kier alpha value is -0.590. The molecule has 0 amide bonds. The summed E-state index contributed by atoms with van der Waals surface area (Å²) in [4.78, 5) is 2.58. The lowest BCUT2D eigenvalue weighted by atomic mass is 9.92. The summed E-state index contributed by atoms with van der Waals surface area (Å²) in [6.07, 6.45) is 8.54. The number of nitriles is 1. The quantitative estimate of drug-likeness (QED) is 0.708. The fourth-order valence-corrected chi connectivity index (χ4v) is 2.79. The highest BCUT2D eigenvalue weighted by atomic mass is 15.1. The van der Waals surface area contributed by atoms with E-state index in [2.05, 4.69) is 17.9 Å². The van der Waals surface area contributed by atoms with E-state index in [1.54, 1.807) is 0 Å². The van der Waals surface area contributed by atoms with Gasteiger partial charge in [-0.15, -0.1) is 0 Å². The monoisotopic (exact) mass is 251 g/mol. The van der Waals surface area contributed by atoms with Crippen LogP contribution in [0.1, 0.15) is 58.8 Å². The van der Waals surface area contributed by atoms with Gasteiger partial charge in [-0.1, -0.05) is 19.8 Å². The van der Waals surface area contributed by atoms with E-state index in [-0.39, 0.29) is 0 Å². The molecule has 0 aliphatic carbocycles. The molecule has 1 rings (SSSR count). The largest absolute Gasteiger partial charge is 0.314 e. The van der Waals surface area contributed by atoms with Crippen molar-refractivity contribution in [1.29, 1.82) is 5.26 Å². The SMILES string of the molecule is CCCC1CCN(CCCCC(C)(N)C#N)CC1. The van der Waals surface area contributed by atoms with Gasteiger partial charge in [0.1, 0.15) is 5.54 Å². The lowest BCUT2D eigenvalue weighted by Crippen LogP contribution is -2.36. The molecule has 18 heavy (non-hydrogen) atoms. The summed E-state index contributed by atoms with van der Waals surface area (Å²) in [6, 6.07) is 2.16. The topological polar surface area (TPSA) is 53.0 Å². The van der Waals surface area contributed by atoms with Gasteiger partial charge in [0.2, 0.25) is 0 Å². The summed E-state index contributed by atoms with van der Waals surface area (Å²) in [7, 11) is 0. The molecule has 0 aromatic rings. The van der Waals surface area contributed by atoms with Gasteiger partial charge >= 0.3 is 0 Å². The minimum absolute atomic E-state index is 0.631. The third-order valence-electron chi connectivity index (χ3n) is 4.08. The number of rotatable bonds is 7. The molecule has 0 aromatic carbocycles. The minimum atomic E-state index is -0.631. The molecule has 1 saturated heterocycles. The number of nitrogens with two attached hydrogens (primary N) is 1. The minimum Gasteiger partial charge on any atom is -0.314 e. The number of hydrogen-bond acceptors (Lipinski definition) is 3. The zero-order chi connectivity index (χ0) is 13.4. The number of piperidine rings is 1. The number of nitrogens with zero attached hydrogens (tertiary/aromatic N) is 2. The Morgan fingerprint density at radius 1 is 1.33 bits per heavy atom. The van der Waals surface area contributed by atoms with E-state index in [1.165, 1.54) is 51.7 Å². The summed E-state index contributed by atoms with van der Waals surface area (Å²) in [5.41, 5.74) is 5.18. The molecule has 3 heteroatoms. The van der Waals surface area contributed by atoms with Gasteiger partial charge in [-0.2, -0.15) is 5.26 Å². The van der Waals surface area contributed by atoms with Crippen LogP contribution in [-0.2, 0) is 0 Å². The molecular weight excluding hydrogens is 222 g/mol. The van der Waals surface area contributed by atoms with Crippen LogP contribution in [0.5, 0.6) is 0 Å². The Morgan fingerprint density at radius 2 is 2.00 bits per heavy atom. The van der Waals surface area contributed by atoms with Crippen LogP contribution in [0.4, 0.5) is 0 Å². The van der Waals surface area contributed by atoms with Crippen LogP contribution in [0.3, 0.4) is 0 Å². The lowest BCUT2D eigenvalue weighted by molar-refractivity contribution is 0.175. The van der Waals surface area contributed by atoms with E-state index in [1.807, 2.05) is 6.92 Å². The maximum Gasteiger partial charge on any atom is 0.101 e. The van der Waals surface area contributed by atoms with Crippen molar-refractivity contribution in [2.45, 2.75) is 64.3 Å². The smallest absolute Gasteiger partial charge is 0.101 e. The Balaban J connectivity index is 2.06. The number of hydrogen-bond donors (Lipinski definition) is 1. The van der Waals surface area contributed by atoms with Crippen molar-refractivity contribution in [3.63, 3.8) is 0 Å². The van der Waals surface area contributed by atoms with Crippen LogP contribution in [0.25, 0.3) is 0 Å². The van der Waals surface area contributed by atoms with Crippen LogP contribution in [-0.4, -0.2) is 30.1 Å². The van der Waals surface area contributed by atoms with Crippen LogP contribution in [0, 0.1) is 17.2 Å². The van der Waals surface area contributed by atoms with Gasteiger partial charge in [-0.3, -0.25) is 0 Å². The highest BCUT2D eigenvalue weighted by molar-refractivity contribution is 5.00. The van der Waals surface area contributed by atoms with E-state index in [0.29, 0.717) is 0 Å². The number of likely N-dealkylation sites (tertiary alicyclic amines) is 1. The summed E-state index contributed by atoms with van der Waals surface area (Å²) in [5.74, 6) is 0.970. The lowest BCUT2D eigenvalue weighted by Gasteiger charge is -2.32. The second-order valence-electron chi connectivity index (χ2n) is 6.06. The van der Waals surface area contributed by atoms with Crippen molar-refractivity contribution >= 4 is 0 Å².